The van der Waals surface area contributed by atoms with Crippen molar-refractivity contribution >= 4 is 45.3 Å². The minimum Gasteiger partial charge on any atom is -0.447 e. The quantitative estimate of drug-likeness (QED) is 0.210. The van der Waals surface area contributed by atoms with Gasteiger partial charge in [0.05, 0.1) is 22.4 Å². The Bertz CT molecular complexity index is 1580. The van der Waals surface area contributed by atoms with Gasteiger partial charge in [-0.2, -0.15) is 4.68 Å². The first-order valence-corrected chi connectivity index (χ1v) is 14.7. The van der Waals surface area contributed by atoms with E-state index in [1.54, 1.807) is 18.2 Å². The molecule has 1 atom stereocenters. The summed E-state index contributed by atoms with van der Waals surface area (Å²) in [6.07, 6.45) is -0.694. The van der Waals surface area contributed by atoms with Crippen LogP contribution >= 0.6 is 11.3 Å². The molecule has 0 saturated carbocycles. The van der Waals surface area contributed by atoms with Crippen LogP contribution in [0.4, 0.5) is 10.6 Å². The maximum Gasteiger partial charge on any atom is 0.436 e. The van der Waals surface area contributed by atoms with Crippen molar-refractivity contribution in [3.8, 4) is 0 Å². The summed E-state index contributed by atoms with van der Waals surface area (Å²) in [6.45, 7) is 13.9. The van der Waals surface area contributed by atoms with E-state index >= 15 is 0 Å². The molecule has 1 unspecified atom stereocenters. The number of benzene rings is 2. The molecule has 4 aromatic rings. The SMILES string of the molecule is CC(C)C(N)c1ccc(C(=O)Nc2nn(C(=O)OCC(C)(C)C)c3sc(C(=O)NC(C)(C)c4ccccc4)cc23)cc1. The molecule has 2 heterocycles. The molecule has 0 fully saturated rings. The Kier molecular flexibility index (Phi) is 8.89. The minimum absolute atomic E-state index is 0.140. The Balaban J connectivity index is 1.65. The maximum atomic E-state index is 13.4. The van der Waals surface area contributed by atoms with Gasteiger partial charge in [-0.25, -0.2) is 4.79 Å². The van der Waals surface area contributed by atoms with Crippen molar-refractivity contribution in [2.45, 2.75) is 60.0 Å². The first kappa shape index (κ1) is 30.9. The molecule has 0 saturated heterocycles. The highest BCUT2D eigenvalue weighted by atomic mass is 32.1. The van der Waals surface area contributed by atoms with E-state index in [1.165, 1.54) is 0 Å². The first-order chi connectivity index (χ1) is 19.7. The lowest BCUT2D eigenvalue weighted by molar-refractivity contribution is 0.0915. The Morgan fingerprint density at radius 1 is 0.976 bits per heavy atom. The van der Waals surface area contributed by atoms with Crippen LogP contribution in [0.5, 0.6) is 0 Å². The summed E-state index contributed by atoms with van der Waals surface area (Å²) >= 11 is 1.10. The van der Waals surface area contributed by atoms with Crippen LogP contribution < -0.4 is 16.4 Å². The monoisotopic (exact) mass is 589 g/mol. The molecule has 2 aromatic carbocycles. The van der Waals surface area contributed by atoms with Crippen LogP contribution in [0.2, 0.25) is 0 Å². The maximum absolute atomic E-state index is 13.4. The third-order valence-electron chi connectivity index (χ3n) is 6.81. The van der Waals surface area contributed by atoms with Crippen molar-refractivity contribution in [3.05, 3.63) is 82.2 Å². The van der Waals surface area contributed by atoms with Gasteiger partial charge < -0.3 is 21.1 Å². The predicted octanol–water partition coefficient (Wildman–Crippen LogP) is 6.70. The number of amides is 2. The molecule has 0 spiro atoms. The number of fused-ring (bicyclic) bond motifs is 1. The number of aromatic nitrogens is 2. The van der Waals surface area contributed by atoms with Gasteiger partial charge >= 0.3 is 6.09 Å². The molecular formula is C32H39N5O4S. The van der Waals surface area contributed by atoms with Crippen LogP contribution in [-0.2, 0) is 10.3 Å². The van der Waals surface area contributed by atoms with Crippen molar-refractivity contribution in [1.29, 1.82) is 0 Å². The Morgan fingerprint density at radius 2 is 1.62 bits per heavy atom. The number of hydrogen-bond donors (Lipinski definition) is 3. The average molecular weight is 590 g/mol. The predicted molar refractivity (Wildman–Crippen MR) is 167 cm³/mol. The van der Waals surface area contributed by atoms with Crippen molar-refractivity contribution in [1.82, 2.24) is 15.1 Å². The zero-order valence-electron chi connectivity index (χ0n) is 25.1. The standard InChI is InChI=1S/C32H39N5O4S/c1-19(2)25(33)20-13-15-21(16-14-20)27(38)34-26-23-17-24(28(39)35-32(6,7)22-11-9-8-10-12-22)42-29(23)37(36-26)30(40)41-18-31(3,4)5/h8-17,19,25H,18,33H2,1-7H3,(H,35,39)(H,34,36,38). The molecule has 4 N–H and O–H groups in total. The van der Waals surface area contributed by atoms with Gasteiger partial charge in [-0.05, 0) is 54.5 Å². The molecule has 0 radical (unpaired) electrons. The lowest BCUT2D eigenvalue weighted by Gasteiger charge is -2.26. The van der Waals surface area contributed by atoms with Crippen molar-refractivity contribution in [2.75, 3.05) is 11.9 Å². The average Bonchev–Trinajstić information content (AvgIpc) is 3.52. The molecular weight excluding hydrogens is 550 g/mol. The van der Waals surface area contributed by atoms with Crippen LogP contribution in [0.25, 0.3) is 10.2 Å². The Hall–Kier alpha value is -4.02. The first-order valence-electron chi connectivity index (χ1n) is 13.9. The molecule has 2 aromatic heterocycles. The number of thiophene rings is 1. The number of nitrogens with two attached hydrogens (primary N) is 1. The van der Waals surface area contributed by atoms with E-state index in [9.17, 15) is 14.4 Å². The van der Waals surface area contributed by atoms with Gasteiger partial charge in [-0.3, -0.25) is 9.59 Å². The Labute approximate surface area is 250 Å². The summed E-state index contributed by atoms with van der Waals surface area (Å²) in [5, 5.41) is 10.7. The summed E-state index contributed by atoms with van der Waals surface area (Å²) in [6, 6.07) is 18.2. The van der Waals surface area contributed by atoms with E-state index in [-0.39, 0.29) is 35.7 Å². The molecule has 2 amide bonds. The topological polar surface area (TPSA) is 128 Å². The summed E-state index contributed by atoms with van der Waals surface area (Å²) in [5.74, 6) is -0.308. The number of anilines is 1. The molecule has 0 aliphatic heterocycles. The van der Waals surface area contributed by atoms with Gasteiger partial charge in [0.25, 0.3) is 11.8 Å². The molecule has 10 heteroatoms. The fourth-order valence-corrected chi connectivity index (χ4v) is 5.26. The molecule has 0 aliphatic rings. The van der Waals surface area contributed by atoms with Crippen molar-refractivity contribution in [3.63, 3.8) is 0 Å². The third kappa shape index (κ3) is 7.06. The summed E-state index contributed by atoms with van der Waals surface area (Å²) in [5.41, 5.74) is 7.63. The molecule has 4 rings (SSSR count). The lowest BCUT2D eigenvalue weighted by Crippen LogP contribution is -2.40. The van der Waals surface area contributed by atoms with Crippen LogP contribution in [0.1, 0.15) is 85.7 Å². The van der Waals surface area contributed by atoms with Gasteiger partial charge in [-0.1, -0.05) is 77.1 Å². The highest BCUT2D eigenvalue weighted by Gasteiger charge is 2.28. The minimum atomic E-state index is -0.694. The van der Waals surface area contributed by atoms with Gasteiger partial charge in [0.15, 0.2) is 5.82 Å². The second-order valence-corrected chi connectivity index (χ2v) is 13.5. The normalized spacial score (nSPS) is 12.8. The van der Waals surface area contributed by atoms with E-state index < -0.39 is 17.5 Å². The zero-order chi connectivity index (χ0) is 30.8. The van der Waals surface area contributed by atoms with Crippen molar-refractivity contribution in [2.24, 2.45) is 17.1 Å². The van der Waals surface area contributed by atoms with E-state index in [0.717, 1.165) is 27.1 Å². The van der Waals surface area contributed by atoms with E-state index in [0.29, 0.717) is 20.7 Å². The van der Waals surface area contributed by atoms with Gasteiger partial charge in [-0.15, -0.1) is 16.4 Å². The van der Waals surface area contributed by atoms with Gasteiger partial charge in [0.2, 0.25) is 0 Å². The molecule has 9 nitrogen and oxygen atoms in total. The van der Waals surface area contributed by atoms with Crippen LogP contribution in [0.3, 0.4) is 0 Å². The van der Waals surface area contributed by atoms with Crippen LogP contribution in [-0.4, -0.2) is 34.3 Å². The number of ether oxygens (including phenoxy) is 1. The highest BCUT2D eigenvalue weighted by molar-refractivity contribution is 7.20. The number of nitrogens with one attached hydrogen (secondary N) is 2. The Morgan fingerprint density at radius 3 is 2.21 bits per heavy atom. The molecule has 222 valence electrons. The number of rotatable bonds is 8. The number of hydrogen-bond acceptors (Lipinski definition) is 7. The summed E-state index contributed by atoms with van der Waals surface area (Å²) < 4.78 is 6.61. The van der Waals surface area contributed by atoms with E-state index in [4.69, 9.17) is 10.5 Å². The number of carbonyl (C=O) groups excluding carboxylic acids is 3. The van der Waals surface area contributed by atoms with E-state index in [2.05, 4.69) is 15.7 Å². The third-order valence-corrected chi connectivity index (χ3v) is 7.92. The number of carbonyl (C=O) groups is 3. The van der Waals surface area contributed by atoms with Gasteiger partial charge in [0, 0.05) is 11.6 Å². The van der Waals surface area contributed by atoms with Gasteiger partial charge in [0.1, 0.15) is 4.83 Å². The summed E-state index contributed by atoms with van der Waals surface area (Å²) in [4.78, 5) is 40.4. The fraction of sp³-hybridized carbons (Fsp3) is 0.375. The lowest BCUT2D eigenvalue weighted by atomic mass is 9.94. The van der Waals surface area contributed by atoms with Crippen LogP contribution in [0, 0.1) is 11.3 Å². The molecule has 42 heavy (non-hydrogen) atoms. The fourth-order valence-electron chi connectivity index (χ4n) is 4.27. The molecule has 0 bridgehead atoms. The largest absolute Gasteiger partial charge is 0.447 e. The van der Waals surface area contributed by atoms with E-state index in [1.807, 2.05) is 90.9 Å². The number of nitrogens with zero attached hydrogens (tertiary/aromatic N) is 2. The van der Waals surface area contributed by atoms with Crippen molar-refractivity contribution < 1.29 is 19.1 Å². The highest BCUT2D eigenvalue weighted by Crippen LogP contribution is 2.33. The zero-order valence-corrected chi connectivity index (χ0v) is 26.0. The smallest absolute Gasteiger partial charge is 0.436 e. The summed E-state index contributed by atoms with van der Waals surface area (Å²) in [7, 11) is 0. The second kappa shape index (κ2) is 12.1. The van der Waals surface area contributed by atoms with Crippen LogP contribution in [0.15, 0.2) is 60.7 Å². The molecule has 0 aliphatic carbocycles. The second-order valence-electron chi connectivity index (χ2n) is 12.5.